The van der Waals surface area contributed by atoms with Gasteiger partial charge in [-0.05, 0) is 48.5 Å². The normalized spacial score (nSPS) is 11.0. The molecule has 7 nitrogen and oxygen atoms in total. The third kappa shape index (κ3) is 5.58. The van der Waals surface area contributed by atoms with Crippen molar-refractivity contribution in [1.82, 2.24) is 4.98 Å². The number of carbonyl (C=O) groups excluding carboxylic acids is 2. The summed E-state index contributed by atoms with van der Waals surface area (Å²) in [7, 11) is 0. The lowest BCUT2D eigenvalue weighted by atomic mass is 10.2. The maximum Gasteiger partial charge on any atom is 0.422 e. The molecule has 29 heavy (non-hydrogen) atoms. The molecular weight excluding hydrogens is 391 g/mol. The smallest absolute Gasteiger partial charge is 0.422 e. The number of amides is 2. The van der Waals surface area contributed by atoms with Crippen molar-refractivity contribution >= 4 is 23.2 Å². The van der Waals surface area contributed by atoms with Crippen LogP contribution in [0.2, 0.25) is 0 Å². The highest BCUT2D eigenvalue weighted by molar-refractivity contribution is 6.06. The number of furan rings is 1. The summed E-state index contributed by atoms with van der Waals surface area (Å²) < 4.78 is 46.6. The molecular formula is C19H14F3N3O4. The van der Waals surface area contributed by atoms with E-state index in [4.69, 9.17) is 4.42 Å². The van der Waals surface area contributed by atoms with E-state index in [2.05, 4.69) is 20.4 Å². The maximum atomic E-state index is 12.4. The second kappa shape index (κ2) is 8.46. The van der Waals surface area contributed by atoms with Crippen LogP contribution in [0.4, 0.5) is 24.5 Å². The van der Waals surface area contributed by atoms with Gasteiger partial charge in [-0.25, -0.2) is 4.98 Å². The van der Waals surface area contributed by atoms with Crippen LogP contribution < -0.4 is 15.4 Å². The van der Waals surface area contributed by atoms with Crippen LogP contribution >= 0.6 is 0 Å². The Bertz CT molecular complexity index is 987. The molecule has 3 aromatic rings. The van der Waals surface area contributed by atoms with E-state index in [0.29, 0.717) is 11.4 Å². The Kier molecular flexibility index (Phi) is 5.82. The number of carbonyl (C=O) groups is 2. The molecule has 2 heterocycles. The lowest BCUT2D eigenvalue weighted by Crippen LogP contribution is -2.22. The van der Waals surface area contributed by atoms with Crippen LogP contribution in [0.25, 0.3) is 0 Å². The number of aromatic nitrogens is 1. The second-order valence-corrected chi connectivity index (χ2v) is 5.72. The van der Waals surface area contributed by atoms with Crippen molar-refractivity contribution in [2.75, 3.05) is 17.2 Å². The molecule has 0 bridgehead atoms. The van der Waals surface area contributed by atoms with Crippen LogP contribution in [0.5, 0.6) is 5.88 Å². The minimum atomic E-state index is -4.55. The van der Waals surface area contributed by atoms with Crippen molar-refractivity contribution in [2.45, 2.75) is 6.18 Å². The molecule has 0 spiro atoms. The first-order valence-corrected chi connectivity index (χ1v) is 8.23. The quantitative estimate of drug-likeness (QED) is 0.644. The van der Waals surface area contributed by atoms with Crippen molar-refractivity contribution in [3.05, 3.63) is 72.3 Å². The standard InChI is InChI=1S/C19H14F3N3O4/c20-19(21,22)11-29-18-14(3-1-9-23-18)16(26)24-12-5-7-13(8-6-12)25-17(27)15-4-2-10-28-15/h1-10H,11H2,(H,24,26)(H,25,27). The summed E-state index contributed by atoms with van der Waals surface area (Å²) in [5.74, 6) is -1.41. The fourth-order valence-electron chi connectivity index (χ4n) is 2.26. The predicted molar refractivity (Wildman–Crippen MR) is 96.8 cm³/mol. The summed E-state index contributed by atoms with van der Waals surface area (Å²) in [4.78, 5) is 28.0. The third-order valence-electron chi connectivity index (χ3n) is 3.53. The van der Waals surface area contributed by atoms with E-state index < -0.39 is 30.5 Å². The number of nitrogens with zero attached hydrogens (tertiary/aromatic N) is 1. The number of hydrogen-bond donors (Lipinski definition) is 2. The van der Waals surface area contributed by atoms with Crippen molar-refractivity contribution in [1.29, 1.82) is 0 Å². The number of pyridine rings is 1. The molecule has 2 amide bonds. The van der Waals surface area contributed by atoms with E-state index in [9.17, 15) is 22.8 Å². The lowest BCUT2D eigenvalue weighted by molar-refractivity contribution is -0.154. The number of nitrogens with one attached hydrogen (secondary N) is 2. The zero-order valence-corrected chi connectivity index (χ0v) is 14.7. The molecule has 0 saturated heterocycles. The first-order chi connectivity index (χ1) is 13.8. The van der Waals surface area contributed by atoms with Gasteiger partial charge in [0.1, 0.15) is 5.56 Å². The lowest BCUT2D eigenvalue weighted by Gasteiger charge is -2.12. The molecule has 150 valence electrons. The number of anilines is 2. The molecule has 1 aromatic carbocycles. The zero-order chi connectivity index (χ0) is 20.9. The topological polar surface area (TPSA) is 93.5 Å². The monoisotopic (exact) mass is 405 g/mol. The fraction of sp³-hybridized carbons (Fsp3) is 0.105. The van der Waals surface area contributed by atoms with Gasteiger partial charge < -0.3 is 19.8 Å². The summed E-state index contributed by atoms with van der Waals surface area (Å²) >= 11 is 0. The number of ether oxygens (including phenoxy) is 1. The SMILES string of the molecule is O=C(Nc1ccc(NC(=O)c2cccnc2OCC(F)(F)F)cc1)c1ccco1. The van der Waals surface area contributed by atoms with Gasteiger partial charge in [-0.1, -0.05) is 0 Å². The van der Waals surface area contributed by atoms with Crippen LogP contribution in [0.3, 0.4) is 0 Å². The van der Waals surface area contributed by atoms with Crippen LogP contribution in [0.1, 0.15) is 20.9 Å². The van der Waals surface area contributed by atoms with Gasteiger partial charge in [-0.15, -0.1) is 0 Å². The van der Waals surface area contributed by atoms with Gasteiger partial charge in [-0.2, -0.15) is 13.2 Å². The Morgan fingerprint density at radius 2 is 1.62 bits per heavy atom. The molecule has 3 rings (SSSR count). The number of benzene rings is 1. The van der Waals surface area contributed by atoms with Crippen molar-refractivity contribution in [2.24, 2.45) is 0 Å². The third-order valence-corrected chi connectivity index (χ3v) is 3.53. The highest BCUT2D eigenvalue weighted by Crippen LogP contribution is 2.22. The van der Waals surface area contributed by atoms with E-state index >= 15 is 0 Å². The van der Waals surface area contributed by atoms with Crippen LogP contribution in [0.15, 0.2) is 65.4 Å². The summed E-state index contributed by atoms with van der Waals surface area (Å²) in [6, 6.07) is 11.9. The predicted octanol–water partition coefficient (Wildman–Crippen LogP) is 4.12. The fourth-order valence-corrected chi connectivity index (χ4v) is 2.26. The number of halogens is 3. The van der Waals surface area contributed by atoms with Crippen molar-refractivity contribution in [3.8, 4) is 5.88 Å². The van der Waals surface area contributed by atoms with E-state index in [1.54, 1.807) is 18.2 Å². The van der Waals surface area contributed by atoms with Crippen LogP contribution in [-0.2, 0) is 0 Å². The Labute approximate surface area is 162 Å². The van der Waals surface area contributed by atoms with Crippen molar-refractivity contribution < 1.29 is 31.9 Å². The summed E-state index contributed by atoms with van der Waals surface area (Å²) in [5, 5.41) is 5.15. The Hall–Kier alpha value is -3.82. The minimum absolute atomic E-state index is 0.144. The molecule has 0 fully saturated rings. The van der Waals surface area contributed by atoms with E-state index in [0.717, 1.165) is 0 Å². The average molecular weight is 405 g/mol. The van der Waals surface area contributed by atoms with Gasteiger partial charge >= 0.3 is 6.18 Å². The average Bonchev–Trinajstić information content (AvgIpc) is 3.22. The minimum Gasteiger partial charge on any atom is -0.467 e. The number of hydrogen-bond acceptors (Lipinski definition) is 5. The van der Waals surface area contributed by atoms with Gasteiger partial charge in [0.05, 0.1) is 6.26 Å². The largest absolute Gasteiger partial charge is 0.467 e. The van der Waals surface area contributed by atoms with Crippen LogP contribution in [-0.4, -0.2) is 29.6 Å². The van der Waals surface area contributed by atoms with Gasteiger partial charge in [0, 0.05) is 17.6 Å². The van der Waals surface area contributed by atoms with E-state index in [-0.39, 0.29) is 11.3 Å². The molecule has 0 radical (unpaired) electrons. The number of rotatable bonds is 6. The highest BCUT2D eigenvalue weighted by atomic mass is 19.4. The maximum absolute atomic E-state index is 12.4. The Morgan fingerprint density at radius 1 is 0.966 bits per heavy atom. The molecule has 0 unspecified atom stereocenters. The molecule has 0 aliphatic carbocycles. The molecule has 0 aliphatic heterocycles. The summed E-state index contributed by atoms with van der Waals surface area (Å²) in [5.41, 5.74) is 0.670. The zero-order valence-electron chi connectivity index (χ0n) is 14.7. The van der Waals surface area contributed by atoms with Gasteiger partial charge in [-0.3, -0.25) is 9.59 Å². The van der Waals surface area contributed by atoms with Gasteiger partial charge in [0.15, 0.2) is 12.4 Å². The van der Waals surface area contributed by atoms with E-state index in [1.165, 1.54) is 42.8 Å². The molecule has 2 N–H and O–H groups in total. The Morgan fingerprint density at radius 3 is 2.21 bits per heavy atom. The molecule has 0 atom stereocenters. The molecule has 0 saturated carbocycles. The highest BCUT2D eigenvalue weighted by Gasteiger charge is 2.29. The molecule has 2 aromatic heterocycles. The van der Waals surface area contributed by atoms with Crippen molar-refractivity contribution in [3.63, 3.8) is 0 Å². The van der Waals surface area contributed by atoms with Gasteiger partial charge in [0.25, 0.3) is 11.8 Å². The summed E-state index contributed by atoms with van der Waals surface area (Å²) in [6.07, 6.45) is -1.96. The number of alkyl halides is 3. The molecule has 10 heteroatoms. The Balaban J connectivity index is 1.64. The second-order valence-electron chi connectivity index (χ2n) is 5.72. The van der Waals surface area contributed by atoms with Gasteiger partial charge in [0.2, 0.25) is 5.88 Å². The van der Waals surface area contributed by atoms with E-state index in [1.807, 2.05) is 0 Å². The summed E-state index contributed by atoms with van der Waals surface area (Å²) in [6.45, 7) is -1.56. The first kappa shape index (κ1) is 19.9. The first-order valence-electron chi connectivity index (χ1n) is 8.23. The molecule has 0 aliphatic rings. The van der Waals surface area contributed by atoms with Crippen LogP contribution in [0, 0.1) is 0 Å².